The smallest absolute Gasteiger partial charge is 0.248 e. The zero-order valence-electron chi connectivity index (χ0n) is 22.2. The van der Waals surface area contributed by atoms with Crippen LogP contribution in [0, 0.1) is 6.92 Å². The zero-order chi connectivity index (χ0) is 27.9. The van der Waals surface area contributed by atoms with Crippen LogP contribution in [0.3, 0.4) is 0 Å². The fraction of sp³-hybridized carbons (Fsp3) is 0.357. The third-order valence-electron chi connectivity index (χ3n) is 6.10. The number of nitrogens with one attached hydrogen (secondary N) is 2. The molecule has 0 spiro atoms. The molecule has 0 unspecified atom stereocenters. The van der Waals surface area contributed by atoms with Crippen LogP contribution in [0.25, 0.3) is 0 Å². The van der Waals surface area contributed by atoms with Gasteiger partial charge >= 0.3 is 0 Å². The van der Waals surface area contributed by atoms with Crippen molar-refractivity contribution in [2.45, 2.75) is 58.5 Å². The number of nitrogens with zero attached hydrogens (tertiary/aromatic N) is 2. The van der Waals surface area contributed by atoms with Crippen molar-refractivity contribution in [3.05, 3.63) is 70.9 Å². The molecule has 202 valence electrons. The van der Waals surface area contributed by atoms with Crippen LogP contribution in [0.15, 0.2) is 59.1 Å². The van der Waals surface area contributed by atoms with Crippen molar-refractivity contribution in [1.82, 2.24) is 10.5 Å². The number of carbonyl (C=O) groups is 3. The van der Waals surface area contributed by atoms with Crippen molar-refractivity contribution >= 4 is 40.8 Å². The third-order valence-corrected chi connectivity index (χ3v) is 6.34. The SMILES string of the molecule is CCC(C)(C)NC(=O)[C@H](c1ccc(OC)cc1)N(C(=O)CCC(=O)Nc1cc(C)on1)c1cccc(Cl)c1. The van der Waals surface area contributed by atoms with Gasteiger partial charge in [-0.2, -0.15) is 0 Å². The van der Waals surface area contributed by atoms with Crippen LogP contribution < -0.4 is 20.3 Å². The fourth-order valence-corrected chi connectivity index (χ4v) is 3.91. The van der Waals surface area contributed by atoms with Crippen molar-refractivity contribution in [3.63, 3.8) is 0 Å². The van der Waals surface area contributed by atoms with Gasteiger partial charge < -0.3 is 19.9 Å². The first kappa shape index (κ1) is 28.7. The molecular weight excluding hydrogens is 508 g/mol. The Morgan fingerprint density at radius 1 is 1.11 bits per heavy atom. The molecule has 3 aromatic rings. The molecule has 1 atom stereocenters. The molecule has 38 heavy (non-hydrogen) atoms. The van der Waals surface area contributed by atoms with Crippen LogP contribution in [0.1, 0.15) is 57.4 Å². The van der Waals surface area contributed by atoms with E-state index in [1.54, 1.807) is 68.6 Å². The predicted molar refractivity (Wildman–Crippen MR) is 146 cm³/mol. The summed E-state index contributed by atoms with van der Waals surface area (Å²) in [5.74, 6) is 0.232. The molecule has 0 aliphatic carbocycles. The van der Waals surface area contributed by atoms with Gasteiger partial charge in [0.15, 0.2) is 5.82 Å². The number of hydrogen-bond donors (Lipinski definition) is 2. The third kappa shape index (κ3) is 7.58. The molecule has 0 radical (unpaired) electrons. The van der Waals surface area contributed by atoms with E-state index < -0.39 is 23.4 Å². The summed E-state index contributed by atoms with van der Waals surface area (Å²) in [6.45, 7) is 7.51. The maximum atomic E-state index is 13.8. The van der Waals surface area contributed by atoms with Gasteiger partial charge in [0.25, 0.3) is 0 Å². The van der Waals surface area contributed by atoms with Gasteiger partial charge in [-0.3, -0.25) is 19.3 Å². The highest BCUT2D eigenvalue weighted by molar-refractivity contribution is 6.31. The Bertz CT molecular complexity index is 1270. The summed E-state index contributed by atoms with van der Waals surface area (Å²) in [6.07, 6.45) is 0.395. The van der Waals surface area contributed by atoms with E-state index in [0.29, 0.717) is 34.2 Å². The molecule has 0 bridgehead atoms. The summed E-state index contributed by atoms with van der Waals surface area (Å²) in [6, 6.07) is 14.2. The van der Waals surface area contributed by atoms with Gasteiger partial charge in [0, 0.05) is 35.2 Å². The number of halogens is 1. The topological polar surface area (TPSA) is 114 Å². The molecule has 0 saturated carbocycles. The normalized spacial score (nSPS) is 11.9. The van der Waals surface area contributed by atoms with E-state index in [1.165, 1.54) is 4.90 Å². The first-order valence-corrected chi connectivity index (χ1v) is 12.7. The van der Waals surface area contributed by atoms with Crippen LogP contribution in [0.4, 0.5) is 11.5 Å². The lowest BCUT2D eigenvalue weighted by molar-refractivity contribution is -0.128. The Morgan fingerprint density at radius 2 is 1.82 bits per heavy atom. The molecular formula is C28H33ClN4O5. The molecule has 9 nitrogen and oxygen atoms in total. The van der Waals surface area contributed by atoms with Crippen LogP contribution in [0.5, 0.6) is 5.75 Å². The Labute approximate surface area is 227 Å². The largest absolute Gasteiger partial charge is 0.497 e. The van der Waals surface area contributed by atoms with Gasteiger partial charge in [0.2, 0.25) is 17.7 Å². The highest BCUT2D eigenvalue weighted by atomic mass is 35.5. The fourth-order valence-electron chi connectivity index (χ4n) is 3.73. The molecule has 3 rings (SSSR count). The minimum atomic E-state index is -1.03. The number of aromatic nitrogens is 1. The molecule has 1 heterocycles. The minimum Gasteiger partial charge on any atom is -0.497 e. The van der Waals surface area contributed by atoms with E-state index in [2.05, 4.69) is 15.8 Å². The Balaban J connectivity index is 1.97. The van der Waals surface area contributed by atoms with Crippen LogP contribution in [-0.2, 0) is 14.4 Å². The average Bonchev–Trinajstić information content (AvgIpc) is 3.29. The number of anilines is 2. The van der Waals surface area contributed by atoms with E-state index in [1.807, 2.05) is 20.8 Å². The van der Waals surface area contributed by atoms with Crippen molar-refractivity contribution in [2.24, 2.45) is 0 Å². The lowest BCUT2D eigenvalue weighted by Gasteiger charge is -2.34. The Morgan fingerprint density at radius 3 is 2.39 bits per heavy atom. The molecule has 1 aromatic heterocycles. The lowest BCUT2D eigenvalue weighted by Crippen LogP contribution is -2.50. The van der Waals surface area contributed by atoms with E-state index in [9.17, 15) is 14.4 Å². The van der Waals surface area contributed by atoms with Gasteiger partial charge in [-0.25, -0.2) is 0 Å². The van der Waals surface area contributed by atoms with Crippen molar-refractivity contribution in [2.75, 3.05) is 17.3 Å². The van der Waals surface area contributed by atoms with Gasteiger partial charge in [-0.1, -0.05) is 41.9 Å². The van der Waals surface area contributed by atoms with Crippen LogP contribution in [0.2, 0.25) is 5.02 Å². The lowest BCUT2D eigenvalue weighted by atomic mass is 9.98. The number of carbonyl (C=O) groups excluding carboxylic acids is 3. The molecule has 2 aromatic carbocycles. The van der Waals surface area contributed by atoms with Gasteiger partial charge in [0.1, 0.15) is 17.6 Å². The van der Waals surface area contributed by atoms with E-state index in [0.717, 1.165) is 0 Å². The molecule has 0 saturated heterocycles. The summed E-state index contributed by atoms with van der Waals surface area (Å²) in [5.41, 5.74) is 0.492. The second kappa shape index (κ2) is 12.6. The highest BCUT2D eigenvalue weighted by Gasteiger charge is 2.35. The number of methoxy groups -OCH3 is 1. The highest BCUT2D eigenvalue weighted by Crippen LogP contribution is 2.32. The van der Waals surface area contributed by atoms with E-state index in [-0.39, 0.29) is 24.6 Å². The number of ether oxygens (including phenoxy) is 1. The molecule has 3 amide bonds. The van der Waals surface area contributed by atoms with Crippen molar-refractivity contribution in [1.29, 1.82) is 0 Å². The molecule has 0 fully saturated rings. The average molecular weight is 541 g/mol. The Kier molecular flexibility index (Phi) is 9.52. The first-order chi connectivity index (χ1) is 18.0. The Hall–Kier alpha value is -3.85. The van der Waals surface area contributed by atoms with E-state index >= 15 is 0 Å². The summed E-state index contributed by atoms with van der Waals surface area (Å²) in [5, 5.41) is 9.82. The van der Waals surface area contributed by atoms with Crippen LogP contribution >= 0.6 is 11.6 Å². The second-order valence-corrected chi connectivity index (χ2v) is 9.95. The van der Waals surface area contributed by atoms with E-state index in [4.69, 9.17) is 20.9 Å². The summed E-state index contributed by atoms with van der Waals surface area (Å²) < 4.78 is 10.2. The second-order valence-electron chi connectivity index (χ2n) is 9.52. The van der Waals surface area contributed by atoms with Gasteiger partial charge in [-0.05, 0) is 63.1 Å². The van der Waals surface area contributed by atoms with Crippen LogP contribution in [-0.4, -0.2) is 35.5 Å². The molecule has 10 heteroatoms. The maximum Gasteiger partial charge on any atom is 0.248 e. The first-order valence-electron chi connectivity index (χ1n) is 12.3. The molecule has 0 aliphatic heterocycles. The quantitative estimate of drug-likeness (QED) is 0.334. The number of aryl methyl sites for hydroxylation is 1. The monoisotopic (exact) mass is 540 g/mol. The van der Waals surface area contributed by atoms with Crippen molar-refractivity contribution < 1.29 is 23.6 Å². The number of amides is 3. The standard InChI is InChI=1S/C28H33ClN4O5/c1-6-28(3,4)31-27(36)26(19-10-12-22(37-5)13-11-19)33(21-9-7-8-20(29)17-21)25(35)15-14-24(34)30-23-16-18(2)38-32-23/h7-13,16-17,26H,6,14-15H2,1-5H3,(H,31,36)(H,30,32,34)/t26-/m0/s1. The summed E-state index contributed by atoms with van der Waals surface area (Å²) in [4.78, 5) is 41.5. The minimum absolute atomic E-state index is 0.126. The summed E-state index contributed by atoms with van der Waals surface area (Å²) in [7, 11) is 1.55. The van der Waals surface area contributed by atoms with Crippen molar-refractivity contribution in [3.8, 4) is 5.75 Å². The van der Waals surface area contributed by atoms with Gasteiger partial charge in [-0.15, -0.1) is 0 Å². The number of benzene rings is 2. The summed E-state index contributed by atoms with van der Waals surface area (Å²) >= 11 is 6.28. The van der Waals surface area contributed by atoms with Gasteiger partial charge in [0.05, 0.1) is 7.11 Å². The predicted octanol–water partition coefficient (Wildman–Crippen LogP) is 5.44. The molecule has 2 N–H and O–H groups in total. The zero-order valence-corrected chi connectivity index (χ0v) is 23.0. The number of hydrogen-bond acceptors (Lipinski definition) is 6. The molecule has 0 aliphatic rings. The maximum absolute atomic E-state index is 13.8. The number of rotatable bonds is 11.